The Hall–Kier alpha value is -2.56. The number of nitrogens with two attached hydrogens (primary N) is 1. The molecule has 2 amide bonds. The highest BCUT2D eigenvalue weighted by atomic mass is 35.5. The third-order valence-electron chi connectivity index (χ3n) is 2.90. The number of hydrogen-bond acceptors (Lipinski definition) is 5. The third kappa shape index (κ3) is 4.00. The van der Waals surface area contributed by atoms with Gasteiger partial charge in [-0.2, -0.15) is 5.26 Å². The smallest absolute Gasteiger partial charge is 0.265 e. The molecule has 1 aromatic heterocycles. The second kappa shape index (κ2) is 7.13. The maximum Gasteiger partial charge on any atom is 0.265 e. The van der Waals surface area contributed by atoms with E-state index < -0.39 is 17.9 Å². The normalized spacial score (nSPS) is 11.3. The molecule has 0 saturated heterocycles. The number of carbonyl (C=O) groups is 2. The van der Waals surface area contributed by atoms with Crippen molar-refractivity contribution in [2.45, 2.75) is 13.0 Å². The summed E-state index contributed by atoms with van der Waals surface area (Å²) in [5.41, 5.74) is 5.86. The number of nitriles is 1. The Balaban J connectivity index is 2.07. The molecule has 0 saturated carbocycles. The number of thiophene rings is 1. The van der Waals surface area contributed by atoms with Crippen molar-refractivity contribution in [2.24, 2.45) is 5.73 Å². The fraction of sp³-hybridized carbons (Fsp3) is 0.133. The first-order chi connectivity index (χ1) is 10.9. The number of halogens is 1. The minimum absolute atomic E-state index is 0.234. The number of ether oxygens (including phenoxy) is 1. The molecule has 0 unspecified atom stereocenters. The van der Waals surface area contributed by atoms with Crippen LogP contribution < -0.4 is 15.8 Å². The molecule has 0 fully saturated rings. The van der Waals surface area contributed by atoms with E-state index in [1.54, 1.807) is 12.3 Å². The van der Waals surface area contributed by atoms with Crippen molar-refractivity contribution in [3.05, 3.63) is 45.8 Å². The molecule has 23 heavy (non-hydrogen) atoms. The molecule has 8 heteroatoms. The summed E-state index contributed by atoms with van der Waals surface area (Å²) in [5.74, 6) is -0.782. The topological polar surface area (TPSA) is 105 Å². The fourth-order valence-corrected chi connectivity index (χ4v) is 2.74. The molecule has 3 N–H and O–H groups in total. The number of rotatable bonds is 5. The molecule has 1 heterocycles. The van der Waals surface area contributed by atoms with Gasteiger partial charge in [-0.15, -0.1) is 11.3 Å². The summed E-state index contributed by atoms with van der Waals surface area (Å²) >= 11 is 7.19. The molecule has 0 spiro atoms. The zero-order chi connectivity index (χ0) is 17.0. The average Bonchev–Trinajstić information content (AvgIpc) is 2.97. The molecule has 0 bridgehead atoms. The van der Waals surface area contributed by atoms with Gasteiger partial charge in [0.15, 0.2) is 6.10 Å². The number of nitrogens with zero attached hydrogens (tertiary/aromatic N) is 1. The Bertz CT molecular complexity index is 798. The number of hydrogen-bond donors (Lipinski definition) is 2. The molecule has 0 aliphatic carbocycles. The quantitative estimate of drug-likeness (QED) is 0.865. The summed E-state index contributed by atoms with van der Waals surface area (Å²) in [7, 11) is 0. The maximum absolute atomic E-state index is 12.1. The van der Waals surface area contributed by atoms with Gasteiger partial charge in [-0.05, 0) is 36.6 Å². The SMILES string of the molecule is C[C@H](Oc1ccc(C#N)cc1Cl)C(=O)Nc1sccc1C(N)=O. The van der Waals surface area contributed by atoms with E-state index in [-0.39, 0.29) is 16.3 Å². The molecule has 1 atom stereocenters. The monoisotopic (exact) mass is 349 g/mol. The summed E-state index contributed by atoms with van der Waals surface area (Å²) < 4.78 is 5.49. The lowest BCUT2D eigenvalue weighted by Gasteiger charge is -2.15. The van der Waals surface area contributed by atoms with Crippen molar-refractivity contribution >= 4 is 39.8 Å². The summed E-state index contributed by atoms with van der Waals surface area (Å²) in [4.78, 5) is 23.4. The van der Waals surface area contributed by atoms with E-state index in [0.29, 0.717) is 10.6 Å². The van der Waals surface area contributed by atoms with Crippen LogP contribution in [-0.2, 0) is 4.79 Å². The van der Waals surface area contributed by atoms with Gasteiger partial charge in [0.2, 0.25) is 0 Å². The summed E-state index contributed by atoms with van der Waals surface area (Å²) in [5, 5.41) is 13.6. The minimum Gasteiger partial charge on any atom is -0.479 e. The molecule has 2 aromatic rings. The van der Waals surface area contributed by atoms with E-state index in [0.717, 1.165) is 0 Å². The van der Waals surface area contributed by atoms with Gasteiger partial charge >= 0.3 is 0 Å². The molecular weight excluding hydrogens is 338 g/mol. The molecular formula is C15H12ClN3O3S. The van der Waals surface area contributed by atoms with Crippen molar-refractivity contribution in [1.29, 1.82) is 5.26 Å². The van der Waals surface area contributed by atoms with Gasteiger partial charge in [0.05, 0.1) is 22.2 Å². The number of anilines is 1. The van der Waals surface area contributed by atoms with Crippen LogP contribution >= 0.6 is 22.9 Å². The van der Waals surface area contributed by atoms with Crippen molar-refractivity contribution in [3.63, 3.8) is 0 Å². The second-order valence-electron chi connectivity index (χ2n) is 4.53. The van der Waals surface area contributed by atoms with Crippen molar-refractivity contribution in [2.75, 3.05) is 5.32 Å². The van der Waals surface area contributed by atoms with Gasteiger partial charge in [-0.3, -0.25) is 9.59 Å². The van der Waals surface area contributed by atoms with Crippen LogP contribution in [0, 0.1) is 11.3 Å². The number of amides is 2. The Morgan fingerprint density at radius 1 is 1.43 bits per heavy atom. The Morgan fingerprint density at radius 3 is 2.78 bits per heavy atom. The van der Waals surface area contributed by atoms with E-state index >= 15 is 0 Å². The molecule has 6 nitrogen and oxygen atoms in total. The van der Waals surface area contributed by atoms with E-state index in [1.165, 1.54) is 35.6 Å². The van der Waals surface area contributed by atoms with Crippen LogP contribution in [0.25, 0.3) is 0 Å². The zero-order valence-electron chi connectivity index (χ0n) is 12.0. The van der Waals surface area contributed by atoms with Gasteiger partial charge < -0.3 is 15.8 Å². The van der Waals surface area contributed by atoms with Crippen LogP contribution in [-0.4, -0.2) is 17.9 Å². The van der Waals surface area contributed by atoms with Gasteiger partial charge in [0.1, 0.15) is 10.8 Å². The predicted octanol–water partition coefficient (Wildman–Crippen LogP) is 2.78. The van der Waals surface area contributed by atoms with E-state index in [2.05, 4.69) is 5.32 Å². The lowest BCUT2D eigenvalue weighted by atomic mass is 10.2. The van der Waals surface area contributed by atoms with Crippen LogP contribution in [0.4, 0.5) is 5.00 Å². The highest BCUT2D eigenvalue weighted by Crippen LogP contribution is 2.27. The average molecular weight is 350 g/mol. The molecule has 0 aliphatic rings. The first-order valence-corrected chi connectivity index (χ1v) is 7.72. The Morgan fingerprint density at radius 2 is 2.17 bits per heavy atom. The first kappa shape index (κ1) is 16.8. The van der Waals surface area contributed by atoms with Crippen molar-refractivity contribution < 1.29 is 14.3 Å². The van der Waals surface area contributed by atoms with Crippen molar-refractivity contribution in [1.82, 2.24) is 0 Å². The maximum atomic E-state index is 12.1. The lowest BCUT2D eigenvalue weighted by Crippen LogP contribution is -2.30. The number of carbonyl (C=O) groups excluding carboxylic acids is 2. The summed E-state index contributed by atoms with van der Waals surface area (Å²) in [6.45, 7) is 1.54. The van der Waals surface area contributed by atoms with E-state index in [4.69, 9.17) is 27.3 Å². The number of primary amides is 1. The number of benzene rings is 1. The standard InChI is InChI=1S/C15H12ClN3O3S/c1-8(22-12-3-2-9(7-17)6-11(12)16)14(21)19-15-10(13(18)20)4-5-23-15/h2-6,8H,1H3,(H2,18,20)(H,19,21)/t8-/m0/s1. The van der Waals surface area contributed by atoms with Gasteiger partial charge in [0.25, 0.3) is 11.8 Å². The highest BCUT2D eigenvalue weighted by molar-refractivity contribution is 7.14. The summed E-state index contributed by atoms with van der Waals surface area (Å²) in [6, 6.07) is 8.00. The Labute approximate surface area is 141 Å². The van der Waals surface area contributed by atoms with Gasteiger partial charge in [0, 0.05) is 0 Å². The van der Waals surface area contributed by atoms with Gasteiger partial charge in [-0.1, -0.05) is 11.6 Å². The molecule has 0 aliphatic heterocycles. The summed E-state index contributed by atoms with van der Waals surface area (Å²) in [6.07, 6.45) is -0.858. The third-order valence-corrected chi connectivity index (χ3v) is 4.03. The minimum atomic E-state index is -0.858. The van der Waals surface area contributed by atoms with Crippen LogP contribution in [0.1, 0.15) is 22.8 Å². The molecule has 0 radical (unpaired) electrons. The van der Waals surface area contributed by atoms with Crippen LogP contribution in [0.15, 0.2) is 29.6 Å². The van der Waals surface area contributed by atoms with Crippen LogP contribution in [0.5, 0.6) is 5.75 Å². The Kier molecular flexibility index (Phi) is 5.21. The molecule has 118 valence electrons. The van der Waals surface area contributed by atoms with Crippen LogP contribution in [0.2, 0.25) is 5.02 Å². The first-order valence-electron chi connectivity index (χ1n) is 6.47. The molecule has 1 aromatic carbocycles. The van der Waals surface area contributed by atoms with Gasteiger partial charge in [-0.25, -0.2) is 0 Å². The van der Waals surface area contributed by atoms with Crippen LogP contribution in [0.3, 0.4) is 0 Å². The number of nitrogens with one attached hydrogen (secondary N) is 1. The van der Waals surface area contributed by atoms with E-state index in [9.17, 15) is 9.59 Å². The lowest BCUT2D eigenvalue weighted by molar-refractivity contribution is -0.122. The zero-order valence-corrected chi connectivity index (χ0v) is 13.6. The fourth-order valence-electron chi connectivity index (χ4n) is 1.72. The molecule has 2 rings (SSSR count). The second-order valence-corrected chi connectivity index (χ2v) is 5.86. The van der Waals surface area contributed by atoms with Crippen molar-refractivity contribution in [3.8, 4) is 11.8 Å². The van der Waals surface area contributed by atoms with E-state index in [1.807, 2.05) is 6.07 Å². The highest BCUT2D eigenvalue weighted by Gasteiger charge is 2.19. The predicted molar refractivity (Wildman–Crippen MR) is 87.7 cm³/mol. The largest absolute Gasteiger partial charge is 0.479 e.